The Bertz CT molecular complexity index is 687. The highest BCUT2D eigenvalue weighted by molar-refractivity contribution is 9.10. The van der Waals surface area contributed by atoms with Crippen LogP contribution in [0.15, 0.2) is 16.6 Å². The first kappa shape index (κ1) is 17.1. The molecule has 1 aliphatic rings. The average molecular weight is 392 g/mol. The highest BCUT2D eigenvalue weighted by atomic mass is 79.9. The van der Waals surface area contributed by atoms with E-state index in [2.05, 4.69) is 21.2 Å². The first-order valence-electron chi connectivity index (χ1n) is 6.86. The fraction of sp³-hybridized carbons (Fsp3) is 0.500. The van der Waals surface area contributed by atoms with Gasteiger partial charge in [0.2, 0.25) is 5.91 Å². The van der Waals surface area contributed by atoms with Gasteiger partial charge in [-0.3, -0.25) is 4.79 Å². The van der Waals surface area contributed by atoms with Gasteiger partial charge >= 0.3 is 0 Å². The van der Waals surface area contributed by atoms with Gasteiger partial charge in [-0.05, 0) is 36.7 Å². The molecule has 0 bridgehead atoms. The zero-order valence-corrected chi connectivity index (χ0v) is 15.0. The van der Waals surface area contributed by atoms with Crippen molar-refractivity contribution in [2.75, 3.05) is 18.5 Å². The van der Waals surface area contributed by atoms with E-state index < -0.39 is 26.2 Å². The van der Waals surface area contributed by atoms with Gasteiger partial charge in [-0.1, -0.05) is 0 Å². The third kappa shape index (κ3) is 3.38. The number of halogens is 1. The van der Waals surface area contributed by atoms with Gasteiger partial charge in [-0.15, -0.1) is 0 Å². The summed E-state index contributed by atoms with van der Waals surface area (Å²) < 4.78 is 35.6. The van der Waals surface area contributed by atoms with Crippen LogP contribution in [-0.4, -0.2) is 38.0 Å². The van der Waals surface area contributed by atoms with Crippen molar-refractivity contribution < 1.29 is 22.7 Å². The number of rotatable bonds is 4. The van der Waals surface area contributed by atoms with Crippen molar-refractivity contribution in [1.29, 1.82) is 0 Å². The minimum absolute atomic E-state index is 0.431. The summed E-state index contributed by atoms with van der Waals surface area (Å²) in [6.07, 6.45) is 0. The molecule has 1 N–H and O–H groups in total. The Labute approximate surface area is 138 Å². The molecule has 1 amide bonds. The fourth-order valence-electron chi connectivity index (χ4n) is 1.95. The highest BCUT2D eigenvalue weighted by Gasteiger charge is 2.31. The topological polar surface area (TPSA) is 81.7 Å². The van der Waals surface area contributed by atoms with Crippen molar-refractivity contribution in [3.05, 3.63) is 16.6 Å². The molecular formula is C14H18BrNO5S. The maximum atomic E-state index is 12.2. The molecule has 1 atom stereocenters. The zero-order chi connectivity index (χ0) is 16.5. The van der Waals surface area contributed by atoms with Crippen molar-refractivity contribution >= 4 is 37.4 Å². The van der Waals surface area contributed by atoms with E-state index in [0.29, 0.717) is 34.9 Å². The lowest BCUT2D eigenvalue weighted by Crippen LogP contribution is -2.36. The number of anilines is 1. The quantitative estimate of drug-likeness (QED) is 0.851. The van der Waals surface area contributed by atoms with Crippen molar-refractivity contribution in [2.24, 2.45) is 0 Å². The molecule has 0 aliphatic carbocycles. The first-order chi connectivity index (χ1) is 10.2. The van der Waals surface area contributed by atoms with Crippen molar-refractivity contribution in [2.45, 2.75) is 31.3 Å². The zero-order valence-electron chi connectivity index (χ0n) is 12.6. The number of benzene rings is 1. The molecule has 1 aromatic carbocycles. The first-order valence-corrected chi connectivity index (χ1v) is 9.26. The van der Waals surface area contributed by atoms with E-state index in [1.165, 1.54) is 6.92 Å². The number of ether oxygens (including phenoxy) is 2. The molecule has 1 unspecified atom stereocenters. The second kappa shape index (κ2) is 6.45. The second-order valence-electron chi connectivity index (χ2n) is 5.24. The summed E-state index contributed by atoms with van der Waals surface area (Å²) in [4.78, 5) is 12.2. The van der Waals surface area contributed by atoms with E-state index >= 15 is 0 Å². The molecule has 6 nitrogen and oxygen atoms in total. The molecule has 0 saturated carbocycles. The van der Waals surface area contributed by atoms with E-state index in [9.17, 15) is 13.2 Å². The molecule has 0 saturated heterocycles. The number of hydrogen-bond donors (Lipinski definition) is 1. The lowest BCUT2D eigenvalue weighted by Gasteiger charge is -2.21. The summed E-state index contributed by atoms with van der Waals surface area (Å²) in [5.41, 5.74) is 0.444. The third-order valence-corrected chi connectivity index (χ3v) is 6.58. The molecule has 0 spiro atoms. The molecule has 1 aliphatic heterocycles. The van der Waals surface area contributed by atoms with Crippen LogP contribution in [-0.2, 0) is 14.6 Å². The van der Waals surface area contributed by atoms with Crippen LogP contribution in [0.25, 0.3) is 0 Å². The molecule has 22 heavy (non-hydrogen) atoms. The van der Waals surface area contributed by atoms with Crippen molar-refractivity contribution in [3.8, 4) is 11.5 Å². The molecule has 0 radical (unpaired) electrons. The number of fused-ring (bicyclic) bond motifs is 1. The Morgan fingerprint density at radius 2 is 1.73 bits per heavy atom. The van der Waals surface area contributed by atoms with Gasteiger partial charge in [-0.25, -0.2) is 8.42 Å². The standard InChI is InChI=1S/C14H18BrNO5S/c1-8(2)22(18,19)9(3)14(17)16-11-7-13-12(6-10(11)15)20-4-5-21-13/h6-9H,4-5H2,1-3H3,(H,16,17). The molecule has 8 heteroatoms. The number of nitrogens with one attached hydrogen (secondary N) is 1. The number of carbonyl (C=O) groups is 1. The Morgan fingerprint density at radius 3 is 2.27 bits per heavy atom. The summed E-state index contributed by atoms with van der Waals surface area (Å²) in [6.45, 7) is 5.39. The third-order valence-electron chi connectivity index (χ3n) is 3.41. The lowest BCUT2D eigenvalue weighted by molar-refractivity contribution is -0.115. The predicted octanol–water partition coefficient (Wildman–Crippen LogP) is 2.37. The van der Waals surface area contributed by atoms with Crippen molar-refractivity contribution in [1.82, 2.24) is 0 Å². The predicted molar refractivity (Wildman–Crippen MR) is 87.3 cm³/mol. The van der Waals surface area contributed by atoms with Gasteiger partial charge in [0.1, 0.15) is 18.5 Å². The summed E-state index contributed by atoms with van der Waals surface area (Å²) in [5.74, 6) is 0.522. The van der Waals surface area contributed by atoms with Crippen LogP contribution >= 0.6 is 15.9 Å². The van der Waals surface area contributed by atoms with Crippen LogP contribution in [0, 0.1) is 0 Å². The molecule has 0 fully saturated rings. The minimum atomic E-state index is -3.51. The minimum Gasteiger partial charge on any atom is -0.486 e. The monoisotopic (exact) mass is 391 g/mol. The number of carbonyl (C=O) groups excluding carboxylic acids is 1. The Kier molecular flexibility index (Phi) is 5.01. The van der Waals surface area contributed by atoms with Crippen LogP contribution in [0.5, 0.6) is 11.5 Å². The summed E-state index contributed by atoms with van der Waals surface area (Å²) in [5, 5.41) is 0.875. The molecule has 2 rings (SSSR count). The van der Waals surface area contributed by atoms with Crippen LogP contribution in [0.2, 0.25) is 0 Å². The van der Waals surface area contributed by atoms with Crippen LogP contribution in [0.3, 0.4) is 0 Å². The maximum absolute atomic E-state index is 12.2. The van der Waals surface area contributed by atoms with E-state index in [1.54, 1.807) is 26.0 Å². The second-order valence-corrected chi connectivity index (χ2v) is 8.93. The normalized spacial score (nSPS) is 15.5. The lowest BCUT2D eigenvalue weighted by atomic mass is 10.2. The smallest absolute Gasteiger partial charge is 0.242 e. The molecule has 1 heterocycles. The summed E-state index contributed by atoms with van der Waals surface area (Å²) in [7, 11) is -3.51. The summed E-state index contributed by atoms with van der Waals surface area (Å²) >= 11 is 3.33. The molecule has 1 aromatic rings. The molecule has 0 aromatic heterocycles. The van der Waals surface area contributed by atoms with E-state index in [4.69, 9.17) is 9.47 Å². The van der Waals surface area contributed by atoms with Gasteiger partial charge in [0.15, 0.2) is 21.3 Å². The number of sulfone groups is 1. The fourth-order valence-corrected chi connectivity index (χ4v) is 3.55. The van der Waals surface area contributed by atoms with E-state index in [-0.39, 0.29) is 0 Å². The van der Waals surface area contributed by atoms with Gasteiger partial charge in [0.05, 0.1) is 10.9 Å². The van der Waals surface area contributed by atoms with E-state index in [0.717, 1.165) is 0 Å². The Balaban J connectivity index is 2.22. The van der Waals surface area contributed by atoms with Crippen LogP contribution < -0.4 is 14.8 Å². The molecular weight excluding hydrogens is 374 g/mol. The van der Waals surface area contributed by atoms with Gasteiger partial charge in [-0.2, -0.15) is 0 Å². The van der Waals surface area contributed by atoms with Gasteiger partial charge < -0.3 is 14.8 Å². The van der Waals surface area contributed by atoms with Crippen LogP contribution in [0.1, 0.15) is 20.8 Å². The van der Waals surface area contributed by atoms with Crippen LogP contribution in [0.4, 0.5) is 5.69 Å². The Morgan fingerprint density at radius 1 is 1.18 bits per heavy atom. The average Bonchev–Trinajstić information content (AvgIpc) is 2.46. The largest absolute Gasteiger partial charge is 0.486 e. The summed E-state index contributed by atoms with van der Waals surface area (Å²) in [6, 6.07) is 3.30. The van der Waals surface area contributed by atoms with Crippen molar-refractivity contribution in [3.63, 3.8) is 0 Å². The number of hydrogen-bond acceptors (Lipinski definition) is 5. The molecule has 122 valence electrons. The van der Waals surface area contributed by atoms with E-state index in [1.807, 2.05) is 0 Å². The van der Waals surface area contributed by atoms with Gasteiger partial charge in [0.25, 0.3) is 0 Å². The SMILES string of the molecule is CC(C)S(=O)(=O)C(C)C(=O)Nc1cc2c(cc1Br)OCCO2. The maximum Gasteiger partial charge on any atom is 0.242 e. The number of amides is 1. The Hall–Kier alpha value is -1.28. The van der Waals surface area contributed by atoms with Gasteiger partial charge in [0, 0.05) is 16.6 Å². The highest BCUT2D eigenvalue weighted by Crippen LogP contribution is 2.38.